The van der Waals surface area contributed by atoms with Crippen LogP contribution in [-0.4, -0.2) is 35.0 Å². The highest BCUT2D eigenvalue weighted by Crippen LogP contribution is 1.82. The largest absolute Gasteiger partial charge is 0.396 e. The summed E-state index contributed by atoms with van der Waals surface area (Å²) in [7, 11) is 0. The molecule has 0 aromatic rings. The summed E-state index contributed by atoms with van der Waals surface area (Å²) >= 11 is 11.3. The van der Waals surface area contributed by atoms with Gasteiger partial charge in [-0.2, -0.15) is 0 Å². The Kier molecular flexibility index (Phi) is 22.9. The van der Waals surface area contributed by atoms with Crippen LogP contribution in [0, 0.1) is 0 Å². The monoisotopic (exact) mass is 296 g/mol. The Morgan fingerprint density at radius 1 is 1.30 bits per heavy atom. The van der Waals surface area contributed by atoms with Crippen LogP contribution >= 0.6 is 43.5 Å². The lowest BCUT2D eigenvalue weighted by Gasteiger charge is -1.88. The van der Waals surface area contributed by atoms with Crippen LogP contribution in [0.25, 0.3) is 0 Å². The molecule has 0 heterocycles. The van der Waals surface area contributed by atoms with Crippen LogP contribution in [0.5, 0.6) is 0 Å². The van der Waals surface area contributed by atoms with Gasteiger partial charge < -0.3 is 9.84 Å². The van der Waals surface area contributed by atoms with Crippen LogP contribution in [0.15, 0.2) is 0 Å². The van der Waals surface area contributed by atoms with E-state index in [9.17, 15) is 0 Å². The third-order valence-electron chi connectivity index (χ3n) is 0.383. The van der Waals surface area contributed by atoms with Gasteiger partial charge in [-0.05, 0) is 0 Å². The highest BCUT2D eigenvalue weighted by Gasteiger charge is 1.75. The van der Waals surface area contributed by atoms with E-state index in [2.05, 4.69) is 31.9 Å². The van der Waals surface area contributed by atoms with E-state index in [0.29, 0.717) is 18.0 Å². The Bertz CT molecular complexity index is 42.6. The Hall–Kier alpha value is 1.17. The number of aliphatic hydroxyl groups is 1. The van der Waals surface area contributed by atoms with Crippen molar-refractivity contribution in [1.82, 2.24) is 0 Å². The molecule has 0 rings (SSSR count). The molecule has 0 unspecified atom stereocenters. The summed E-state index contributed by atoms with van der Waals surface area (Å²) in [5.41, 5.74) is 0. The second kappa shape index (κ2) is 16.6. The molecule has 10 heavy (non-hydrogen) atoms. The van der Waals surface area contributed by atoms with Crippen molar-refractivity contribution < 1.29 is 9.84 Å². The first-order chi connectivity index (χ1) is 4.83. The first kappa shape index (κ1) is 13.7. The van der Waals surface area contributed by atoms with Gasteiger partial charge >= 0.3 is 0 Å². The molecule has 0 aliphatic rings. The molecular formula is C5H11Br2ClO2. The first-order valence-electron chi connectivity index (χ1n) is 2.70. The number of hydrogen-bond donors (Lipinski definition) is 1. The second-order valence-electron chi connectivity index (χ2n) is 1.12. The number of halogens is 3. The molecule has 64 valence electrons. The molecule has 0 aromatic heterocycles. The lowest BCUT2D eigenvalue weighted by atomic mass is 10.9. The van der Waals surface area contributed by atoms with Crippen LogP contribution in [-0.2, 0) is 4.74 Å². The third-order valence-corrected chi connectivity index (χ3v) is 1.22. The van der Waals surface area contributed by atoms with E-state index in [1.54, 1.807) is 0 Å². The average molecular weight is 298 g/mol. The fourth-order valence-electron chi connectivity index (χ4n) is 0.109. The van der Waals surface area contributed by atoms with E-state index >= 15 is 0 Å². The van der Waals surface area contributed by atoms with Gasteiger partial charge in [0.15, 0.2) is 0 Å². The van der Waals surface area contributed by atoms with E-state index in [0.717, 1.165) is 5.33 Å². The minimum Gasteiger partial charge on any atom is -0.396 e. The van der Waals surface area contributed by atoms with E-state index < -0.39 is 0 Å². The van der Waals surface area contributed by atoms with Crippen molar-refractivity contribution in [2.75, 3.05) is 29.9 Å². The van der Waals surface area contributed by atoms with Crippen LogP contribution in [0.2, 0.25) is 0 Å². The molecule has 0 bridgehead atoms. The van der Waals surface area contributed by atoms with Gasteiger partial charge in [-0.1, -0.05) is 43.5 Å². The molecule has 0 aromatic carbocycles. The lowest BCUT2D eigenvalue weighted by molar-refractivity contribution is 0.199. The quantitative estimate of drug-likeness (QED) is 0.635. The summed E-state index contributed by atoms with van der Waals surface area (Å²) in [6, 6.07) is 0.297. The molecule has 1 N–H and O–H groups in total. The molecule has 0 saturated carbocycles. The summed E-state index contributed by atoms with van der Waals surface area (Å²) in [6.45, 7) is 0.934. The van der Waals surface area contributed by atoms with Crippen molar-refractivity contribution in [3.8, 4) is 0 Å². The normalized spacial score (nSPS) is 8.40. The van der Waals surface area contributed by atoms with Gasteiger partial charge in [0.25, 0.3) is 0 Å². The molecule has 0 fully saturated rings. The van der Waals surface area contributed by atoms with Crippen molar-refractivity contribution in [3.05, 3.63) is 0 Å². The van der Waals surface area contributed by atoms with Crippen LogP contribution in [0.4, 0.5) is 0 Å². The molecular weight excluding hydrogens is 287 g/mol. The van der Waals surface area contributed by atoms with Gasteiger partial charge in [-0.25, -0.2) is 0 Å². The molecule has 5 heteroatoms. The SMILES string of the molecule is ClCOCCBr.OCCBr. The van der Waals surface area contributed by atoms with Crippen molar-refractivity contribution >= 4 is 43.5 Å². The van der Waals surface area contributed by atoms with Crippen LogP contribution in [0.3, 0.4) is 0 Å². The Morgan fingerprint density at radius 3 is 1.90 bits per heavy atom. The minimum atomic E-state index is 0.236. The standard InChI is InChI=1S/C3H6BrClO.C2H5BrO/c4-1-2-6-3-5;3-1-2-4/h1-3H2;4H,1-2H2. The maximum absolute atomic E-state index is 7.83. The van der Waals surface area contributed by atoms with Crippen molar-refractivity contribution in [2.45, 2.75) is 0 Å². The molecule has 0 aliphatic heterocycles. The number of rotatable bonds is 4. The topological polar surface area (TPSA) is 29.5 Å². The van der Waals surface area contributed by atoms with Crippen LogP contribution in [0.1, 0.15) is 0 Å². The number of hydrogen-bond acceptors (Lipinski definition) is 2. The maximum atomic E-state index is 7.83. The zero-order valence-corrected chi connectivity index (χ0v) is 9.45. The molecule has 2 nitrogen and oxygen atoms in total. The Labute approximate surface area is 83.2 Å². The first-order valence-corrected chi connectivity index (χ1v) is 5.47. The van der Waals surface area contributed by atoms with Gasteiger partial charge in [0.1, 0.15) is 6.07 Å². The molecule has 0 atom stereocenters. The molecule has 0 saturated heterocycles. The van der Waals surface area contributed by atoms with Crippen molar-refractivity contribution in [3.63, 3.8) is 0 Å². The average Bonchev–Trinajstić information content (AvgIpc) is 2.01. The van der Waals surface area contributed by atoms with Gasteiger partial charge in [-0.15, -0.1) is 0 Å². The smallest absolute Gasteiger partial charge is 0.120 e. The summed E-state index contributed by atoms with van der Waals surface area (Å²) in [5.74, 6) is 0. The summed E-state index contributed by atoms with van der Waals surface area (Å²) in [5, 5.41) is 9.38. The summed E-state index contributed by atoms with van der Waals surface area (Å²) in [4.78, 5) is 0. The zero-order chi connectivity index (χ0) is 8.24. The lowest BCUT2D eigenvalue weighted by Crippen LogP contribution is -1.90. The zero-order valence-electron chi connectivity index (χ0n) is 5.52. The fourth-order valence-corrected chi connectivity index (χ4v) is 0.447. The van der Waals surface area contributed by atoms with E-state index in [4.69, 9.17) is 21.4 Å². The minimum absolute atomic E-state index is 0.236. The summed E-state index contributed by atoms with van der Waals surface area (Å²) in [6.07, 6.45) is 0. The predicted octanol–water partition coefficient (Wildman–Crippen LogP) is 1.97. The second-order valence-corrected chi connectivity index (χ2v) is 2.92. The Balaban J connectivity index is 0. The molecule has 0 aliphatic carbocycles. The highest BCUT2D eigenvalue weighted by molar-refractivity contribution is 9.09. The van der Waals surface area contributed by atoms with Crippen LogP contribution < -0.4 is 0 Å². The van der Waals surface area contributed by atoms with Gasteiger partial charge in [0.2, 0.25) is 0 Å². The Morgan fingerprint density at radius 2 is 1.80 bits per heavy atom. The van der Waals surface area contributed by atoms with E-state index in [1.807, 2.05) is 0 Å². The molecule has 0 spiro atoms. The number of alkyl halides is 3. The van der Waals surface area contributed by atoms with E-state index in [1.165, 1.54) is 0 Å². The number of ether oxygens (including phenoxy) is 1. The fraction of sp³-hybridized carbons (Fsp3) is 1.00. The highest BCUT2D eigenvalue weighted by atomic mass is 79.9. The molecule has 0 radical (unpaired) electrons. The maximum Gasteiger partial charge on any atom is 0.120 e. The van der Waals surface area contributed by atoms with Crippen molar-refractivity contribution in [2.24, 2.45) is 0 Å². The third kappa shape index (κ3) is 22.9. The summed E-state index contributed by atoms with van der Waals surface area (Å²) < 4.78 is 4.70. The van der Waals surface area contributed by atoms with Gasteiger partial charge in [0.05, 0.1) is 13.2 Å². The number of aliphatic hydroxyl groups excluding tert-OH is 1. The van der Waals surface area contributed by atoms with Crippen molar-refractivity contribution in [1.29, 1.82) is 0 Å². The molecule has 0 amide bonds. The predicted molar refractivity (Wildman–Crippen MR) is 51.3 cm³/mol. The van der Waals surface area contributed by atoms with Gasteiger partial charge in [0, 0.05) is 10.7 Å². The van der Waals surface area contributed by atoms with E-state index in [-0.39, 0.29) is 6.61 Å². The van der Waals surface area contributed by atoms with Gasteiger partial charge in [-0.3, -0.25) is 0 Å².